The van der Waals surface area contributed by atoms with E-state index in [0.717, 1.165) is 16.7 Å². The van der Waals surface area contributed by atoms with E-state index in [1.54, 1.807) is 31.2 Å². The number of benzene rings is 1. The topological polar surface area (TPSA) is 55.4 Å². The molecule has 1 aromatic carbocycles. The number of thioether (sulfide) groups is 1. The molecule has 0 heterocycles. The van der Waals surface area contributed by atoms with Crippen LogP contribution in [0.1, 0.15) is 13.8 Å². The summed E-state index contributed by atoms with van der Waals surface area (Å²) in [5, 5.41) is 2.32. The van der Waals surface area contributed by atoms with E-state index in [9.17, 15) is 9.59 Å². The Balaban J connectivity index is 2.57. The number of rotatable bonds is 3. The van der Waals surface area contributed by atoms with Crippen molar-refractivity contribution >= 4 is 28.7 Å². The summed E-state index contributed by atoms with van der Waals surface area (Å²) in [7, 11) is 0. The summed E-state index contributed by atoms with van der Waals surface area (Å²) in [6.07, 6.45) is 0. The second-order valence-corrected chi connectivity index (χ2v) is 4.00. The molecule has 86 valence electrons. The number of nitrogens with one attached hydrogen (secondary N) is 1. The maximum atomic E-state index is 11.1. The van der Waals surface area contributed by atoms with E-state index in [-0.39, 0.29) is 11.2 Å². The van der Waals surface area contributed by atoms with Gasteiger partial charge in [-0.15, -0.1) is 0 Å². The van der Waals surface area contributed by atoms with Crippen LogP contribution in [0.5, 0.6) is 0 Å². The maximum absolute atomic E-state index is 11.1. The zero-order valence-corrected chi connectivity index (χ0v) is 9.97. The van der Waals surface area contributed by atoms with Gasteiger partial charge in [0.05, 0.1) is 6.61 Å². The number of carbonyl (C=O) groups is 2. The molecule has 16 heavy (non-hydrogen) atoms. The highest BCUT2D eigenvalue weighted by Crippen LogP contribution is 2.22. The van der Waals surface area contributed by atoms with Crippen LogP contribution in [-0.4, -0.2) is 17.8 Å². The molecule has 1 rings (SSSR count). The van der Waals surface area contributed by atoms with Gasteiger partial charge in [0.25, 0.3) is 0 Å². The molecule has 0 saturated heterocycles. The van der Waals surface area contributed by atoms with Crippen LogP contribution in [0.15, 0.2) is 29.2 Å². The molecule has 0 aromatic heterocycles. The zero-order valence-electron chi connectivity index (χ0n) is 9.15. The van der Waals surface area contributed by atoms with Crippen molar-refractivity contribution in [3.63, 3.8) is 0 Å². The zero-order chi connectivity index (χ0) is 12.0. The van der Waals surface area contributed by atoms with E-state index in [1.807, 2.05) is 0 Å². The molecule has 0 bridgehead atoms. The molecule has 0 spiro atoms. The molecule has 0 fully saturated rings. The minimum Gasteiger partial charge on any atom is -0.458 e. The van der Waals surface area contributed by atoms with Crippen molar-refractivity contribution in [3.8, 4) is 0 Å². The first-order chi connectivity index (χ1) is 7.61. The molecule has 0 unspecified atom stereocenters. The third-order valence-corrected chi connectivity index (χ3v) is 2.43. The summed E-state index contributed by atoms with van der Waals surface area (Å²) in [4.78, 5) is 22.7. The van der Waals surface area contributed by atoms with Crippen molar-refractivity contribution < 1.29 is 14.3 Å². The standard InChI is InChI=1S/C11H13NO3S/c1-3-15-11(14)16-10-6-4-9(5-7-10)12-8(2)13/h4-7H,3H2,1-2H3,(H,12,13). The van der Waals surface area contributed by atoms with Gasteiger partial charge in [-0.3, -0.25) is 4.79 Å². The number of hydrogen-bond donors (Lipinski definition) is 1. The molecule has 0 atom stereocenters. The van der Waals surface area contributed by atoms with Crippen LogP contribution in [0.3, 0.4) is 0 Å². The average Bonchev–Trinajstić information content (AvgIpc) is 2.20. The van der Waals surface area contributed by atoms with Crippen LogP contribution in [0.2, 0.25) is 0 Å². The normalized spacial score (nSPS) is 9.62. The first-order valence-electron chi connectivity index (χ1n) is 4.84. The Morgan fingerprint density at radius 2 is 1.94 bits per heavy atom. The summed E-state index contributed by atoms with van der Waals surface area (Å²) >= 11 is 1.02. The van der Waals surface area contributed by atoms with Gasteiger partial charge in [-0.1, -0.05) is 0 Å². The lowest BCUT2D eigenvalue weighted by Crippen LogP contribution is -2.05. The molecule has 4 nitrogen and oxygen atoms in total. The van der Waals surface area contributed by atoms with E-state index < -0.39 is 0 Å². The largest absolute Gasteiger partial charge is 0.458 e. The highest BCUT2D eigenvalue weighted by atomic mass is 32.2. The minimum atomic E-state index is -0.324. The molecule has 1 aromatic rings. The van der Waals surface area contributed by atoms with Gasteiger partial charge in [-0.2, -0.15) is 0 Å². The lowest BCUT2D eigenvalue weighted by atomic mass is 10.3. The average molecular weight is 239 g/mol. The van der Waals surface area contributed by atoms with Gasteiger partial charge < -0.3 is 10.1 Å². The number of ether oxygens (including phenoxy) is 1. The summed E-state index contributed by atoms with van der Waals surface area (Å²) < 4.78 is 4.79. The highest BCUT2D eigenvalue weighted by molar-refractivity contribution is 8.13. The molecule has 0 saturated carbocycles. The van der Waals surface area contributed by atoms with Crippen molar-refractivity contribution in [1.82, 2.24) is 0 Å². The Morgan fingerprint density at radius 1 is 1.31 bits per heavy atom. The van der Waals surface area contributed by atoms with Crippen molar-refractivity contribution in [2.45, 2.75) is 18.7 Å². The quantitative estimate of drug-likeness (QED) is 0.651. The third kappa shape index (κ3) is 4.35. The lowest BCUT2D eigenvalue weighted by Gasteiger charge is -2.03. The summed E-state index contributed by atoms with van der Waals surface area (Å²) in [5.41, 5.74) is 0.709. The number of amides is 1. The van der Waals surface area contributed by atoms with Crippen molar-refractivity contribution in [2.75, 3.05) is 11.9 Å². The first kappa shape index (κ1) is 12.6. The van der Waals surface area contributed by atoms with Gasteiger partial charge in [-0.25, -0.2) is 4.79 Å². The van der Waals surface area contributed by atoms with Crippen LogP contribution in [0, 0.1) is 0 Å². The van der Waals surface area contributed by atoms with E-state index in [2.05, 4.69) is 5.32 Å². The molecule has 1 N–H and O–H groups in total. The van der Waals surface area contributed by atoms with Crippen molar-refractivity contribution in [3.05, 3.63) is 24.3 Å². The van der Waals surface area contributed by atoms with Crippen LogP contribution in [0.4, 0.5) is 10.5 Å². The fraction of sp³-hybridized carbons (Fsp3) is 0.273. The van der Waals surface area contributed by atoms with Crippen LogP contribution in [0.25, 0.3) is 0 Å². The fourth-order valence-corrected chi connectivity index (χ4v) is 1.69. The minimum absolute atomic E-state index is 0.120. The SMILES string of the molecule is CCOC(=O)Sc1ccc(NC(C)=O)cc1. The predicted molar refractivity (Wildman–Crippen MR) is 63.6 cm³/mol. The monoisotopic (exact) mass is 239 g/mol. The molecule has 0 aliphatic rings. The fourth-order valence-electron chi connectivity index (χ4n) is 1.05. The Bertz CT molecular complexity index is 375. The third-order valence-electron chi connectivity index (χ3n) is 1.64. The first-order valence-corrected chi connectivity index (χ1v) is 5.65. The molecular formula is C11H13NO3S. The highest BCUT2D eigenvalue weighted by Gasteiger charge is 2.04. The Kier molecular flexibility index (Phi) is 4.85. The van der Waals surface area contributed by atoms with E-state index in [1.165, 1.54) is 6.92 Å². The van der Waals surface area contributed by atoms with Gasteiger partial charge >= 0.3 is 5.30 Å². The molecule has 0 radical (unpaired) electrons. The second kappa shape index (κ2) is 6.17. The number of carbonyl (C=O) groups excluding carboxylic acids is 2. The molecule has 1 amide bonds. The lowest BCUT2D eigenvalue weighted by molar-refractivity contribution is -0.114. The van der Waals surface area contributed by atoms with E-state index in [4.69, 9.17) is 4.74 Å². The van der Waals surface area contributed by atoms with Crippen LogP contribution in [-0.2, 0) is 9.53 Å². The number of anilines is 1. The van der Waals surface area contributed by atoms with E-state index in [0.29, 0.717) is 12.3 Å². The second-order valence-electron chi connectivity index (χ2n) is 2.99. The van der Waals surface area contributed by atoms with Gasteiger partial charge in [0.15, 0.2) is 0 Å². The smallest absolute Gasteiger partial charge is 0.372 e. The maximum Gasteiger partial charge on any atom is 0.372 e. The van der Waals surface area contributed by atoms with Crippen molar-refractivity contribution in [1.29, 1.82) is 0 Å². The predicted octanol–water partition coefficient (Wildman–Crippen LogP) is 2.89. The molecule has 5 heteroatoms. The summed E-state index contributed by atoms with van der Waals surface area (Å²) in [6, 6.07) is 6.99. The Morgan fingerprint density at radius 3 is 2.44 bits per heavy atom. The van der Waals surface area contributed by atoms with Gasteiger partial charge in [0.1, 0.15) is 0 Å². The van der Waals surface area contributed by atoms with Gasteiger partial charge in [0, 0.05) is 17.5 Å². The van der Waals surface area contributed by atoms with Crippen LogP contribution < -0.4 is 5.32 Å². The Hall–Kier alpha value is -1.49. The summed E-state index contributed by atoms with van der Waals surface area (Å²) in [5.74, 6) is -0.120. The van der Waals surface area contributed by atoms with Gasteiger partial charge in [0.2, 0.25) is 5.91 Å². The molecule has 0 aliphatic heterocycles. The van der Waals surface area contributed by atoms with Crippen molar-refractivity contribution in [2.24, 2.45) is 0 Å². The number of hydrogen-bond acceptors (Lipinski definition) is 4. The summed E-state index contributed by atoms with van der Waals surface area (Å²) in [6.45, 7) is 3.58. The molecular weight excluding hydrogens is 226 g/mol. The van der Waals surface area contributed by atoms with E-state index >= 15 is 0 Å². The molecule has 0 aliphatic carbocycles. The Labute approximate surface area is 98.4 Å². The van der Waals surface area contributed by atoms with Gasteiger partial charge in [-0.05, 0) is 43.0 Å². The van der Waals surface area contributed by atoms with Crippen LogP contribution >= 0.6 is 11.8 Å².